The van der Waals surface area contributed by atoms with Crippen molar-refractivity contribution in [2.45, 2.75) is 11.4 Å². The molecule has 2 aromatic carbocycles. The molecule has 3 aromatic rings. The Labute approximate surface area is 163 Å². The summed E-state index contributed by atoms with van der Waals surface area (Å²) >= 11 is 0. The molecule has 0 aliphatic heterocycles. The van der Waals surface area contributed by atoms with Crippen molar-refractivity contribution in [3.8, 4) is 5.75 Å². The van der Waals surface area contributed by atoms with E-state index in [4.69, 9.17) is 4.74 Å². The third-order valence-electron chi connectivity index (χ3n) is 3.97. The number of nitrogens with zero attached hydrogens (tertiary/aromatic N) is 2. The molecule has 1 amide bonds. The van der Waals surface area contributed by atoms with E-state index >= 15 is 0 Å². The smallest absolute Gasteiger partial charge is 0.262 e. The van der Waals surface area contributed by atoms with Crippen LogP contribution >= 0.6 is 0 Å². The normalized spacial score (nSPS) is 11.1. The van der Waals surface area contributed by atoms with Crippen molar-refractivity contribution in [2.75, 3.05) is 11.8 Å². The van der Waals surface area contributed by atoms with Crippen molar-refractivity contribution in [1.82, 2.24) is 15.1 Å². The van der Waals surface area contributed by atoms with Gasteiger partial charge < -0.3 is 10.1 Å². The molecule has 0 radical (unpaired) electrons. The highest BCUT2D eigenvalue weighted by Gasteiger charge is 2.18. The summed E-state index contributed by atoms with van der Waals surface area (Å²) in [5.41, 5.74) is 1.40. The number of carbonyl (C=O) groups is 1. The van der Waals surface area contributed by atoms with Crippen LogP contribution in [0.5, 0.6) is 5.75 Å². The van der Waals surface area contributed by atoms with Gasteiger partial charge >= 0.3 is 0 Å². The highest BCUT2D eigenvalue weighted by Crippen LogP contribution is 2.26. The van der Waals surface area contributed by atoms with E-state index in [0.717, 1.165) is 5.56 Å². The second-order valence-corrected chi connectivity index (χ2v) is 7.72. The van der Waals surface area contributed by atoms with Gasteiger partial charge in [0.15, 0.2) is 0 Å². The number of amides is 1. The summed E-state index contributed by atoms with van der Waals surface area (Å²) in [6.07, 6.45) is 3.44. The molecule has 0 saturated heterocycles. The molecule has 8 nitrogen and oxygen atoms in total. The summed E-state index contributed by atoms with van der Waals surface area (Å²) in [5.74, 6) is 0.0228. The number of rotatable bonds is 7. The minimum absolute atomic E-state index is 0.0209. The van der Waals surface area contributed by atoms with Crippen LogP contribution in [-0.2, 0) is 23.6 Å². The van der Waals surface area contributed by atoms with Crippen LogP contribution in [0.2, 0.25) is 0 Å². The lowest BCUT2D eigenvalue weighted by Gasteiger charge is -2.12. The Balaban J connectivity index is 1.76. The molecule has 0 unspecified atom stereocenters. The maximum absolute atomic E-state index is 12.7. The molecule has 0 atom stereocenters. The Morgan fingerprint density at radius 3 is 2.68 bits per heavy atom. The van der Waals surface area contributed by atoms with Crippen LogP contribution in [0.3, 0.4) is 0 Å². The molecule has 9 heteroatoms. The first-order valence-electron chi connectivity index (χ1n) is 8.40. The highest BCUT2D eigenvalue weighted by molar-refractivity contribution is 7.92. The molecule has 0 aliphatic carbocycles. The summed E-state index contributed by atoms with van der Waals surface area (Å²) in [6.45, 7) is 0.295. The van der Waals surface area contributed by atoms with E-state index in [9.17, 15) is 13.2 Å². The zero-order valence-corrected chi connectivity index (χ0v) is 16.2. The number of nitrogens with one attached hydrogen (secondary N) is 2. The lowest BCUT2D eigenvalue weighted by Crippen LogP contribution is -2.23. The Hall–Kier alpha value is -3.33. The number of para-hydroxylation sites is 2. The second kappa shape index (κ2) is 8.13. The monoisotopic (exact) mass is 400 g/mol. The molecular formula is C19H20N4O4S. The second-order valence-electron chi connectivity index (χ2n) is 6.04. The number of hydrogen-bond acceptors (Lipinski definition) is 5. The highest BCUT2D eigenvalue weighted by atomic mass is 32.2. The minimum atomic E-state index is -3.89. The van der Waals surface area contributed by atoms with Gasteiger partial charge in [0.2, 0.25) is 0 Å². The number of hydrogen-bond donors (Lipinski definition) is 2. The Bertz CT molecular complexity index is 1090. The standard InChI is InChI=1S/C19H20N4O4S/c1-23-13-14(12-21-23)11-20-19(24)15-6-5-7-16(10-15)28(25,26)22-17-8-3-4-9-18(17)27-2/h3-10,12-13,22H,11H2,1-2H3,(H,20,24). The van der Waals surface area contributed by atoms with Crippen molar-refractivity contribution in [3.63, 3.8) is 0 Å². The van der Waals surface area contributed by atoms with Crippen LogP contribution in [0.4, 0.5) is 5.69 Å². The summed E-state index contributed by atoms with van der Waals surface area (Å²) in [4.78, 5) is 12.4. The predicted molar refractivity (Wildman–Crippen MR) is 105 cm³/mol. The van der Waals surface area contributed by atoms with Gasteiger partial charge in [-0.2, -0.15) is 5.10 Å². The number of aryl methyl sites for hydroxylation is 1. The first-order valence-corrected chi connectivity index (χ1v) is 9.89. The van der Waals surface area contributed by atoms with E-state index in [1.807, 2.05) is 0 Å². The molecule has 0 saturated carbocycles. The van der Waals surface area contributed by atoms with Crippen molar-refractivity contribution < 1.29 is 17.9 Å². The van der Waals surface area contributed by atoms with Gasteiger partial charge in [0, 0.05) is 30.9 Å². The number of methoxy groups -OCH3 is 1. The number of anilines is 1. The molecular weight excluding hydrogens is 380 g/mol. The van der Waals surface area contributed by atoms with Crippen molar-refractivity contribution in [1.29, 1.82) is 0 Å². The molecule has 146 valence electrons. The van der Waals surface area contributed by atoms with Crippen molar-refractivity contribution >= 4 is 21.6 Å². The van der Waals surface area contributed by atoms with E-state index in [1.54, 1.807) is 54.5 Å². The first kappa shape index (κ1) is 19.4. The fourth-order valence-electron chi connectivity index (χ4n) is 2.58. The summed E-state index contributed by atoms with van der Waals surface area (Å²) in [6, 6.07) is 12.5. The number of ether oxygens (including phenoxy) is 1. The third-order valence-corrected chi connectivity index (χ3v) is 5.33. The Morgan fingerprint density at radius 2 is 1.96 bits per heavy atom. The van der Waals surface area contributed by atoms with E-state index in [0.29, 0.717) is 18.0 Å². The van der Waals surface area contributed by atoms with Crippen LogP contribution in [-0.4, -0.2) is 31.2 Å². The maximum Gasteiger partial charge on any atom is 0.262 e. The number of sulfonamides is 1. The summed E-state index contributed by atoms with van der Waals surface area (Å²) < 4.78 is 34.7. The molecule has 2 N–H and O–H groups in total. The third kappa shape index (κ3) is 4.49. The molecule has 1 heterocycles. The van der Waals surface area contributed by atoms with Gasteiger partial charge in [-0.3, -0.25) is 14.2 Å². The molecule has 3 rings (SSSR count). The quantitative estimate of drug-likeness (QED) is 0.633. The van der Waals surface area contributed by atoms with Crippen LogP contribution in [0.15, 0.2) is 65.8 Å². The topological polar surface area (TPSA) is 102 Å². The first-order chi connectivity index (χ1) is 13.4. The summed E-state index contributed by atoms with van der Waals surface area (Å²) in [7, 11) is -0.644. The Morgan fingerprint density at radius 1 is 1.18 bits per heavy atom. The average Bonchev–Trinajstić information content (AvgIpc) is 3.11. The van der Waals surface area contributed by atoms with Crippen LogP contribution in [0, 0.1) is 0 Å². The van der Waals surface area contributed by atoms with Gasteiger partial charge in [-0.05, 0) is 30.3 Å². The molecule has 0 aliphatic rings. The number of benzene rings is 2. The van der Waals surface area contributed by atoms with E-state index in [-0.39, 0.29) is 16.4 Å². The average molecular weight is 400 g/mol. The lowest BCUT2D eigenvalue weighted by molar-refractivity contribution is 0.0950. The summed E-state index contributed by atoms with van der Waals surface area (Å²) in [5, 5.41) is 6.78. The molecule has 0 fully saturated rings. The lowest BCUT2D eigenvalue weighted by atomic mass is 10.2. The molecule has 0 bridgehead atoms. The van der Waals surface area contributed by atoms with Gasteiger partial charge in [-0.25, -0.2) is 8.42 Å². The van der Waals surface area contributed by atoms with E-state index in [1.165, 1.54) is 25.3 Å². The number of carbonyl (C=O) groups excluding carboxylic acids is 1. The Kier molecular flexibility index (Phi) is 5.65. The maximum atomic E-state index is 12.7. The van der Waals surface area contributed by atoms with E-state index in [2.05, 4.69) is 15.1 Å². The van der Waals surface area contributed by atoms with Gasteiger partial charge in [-0.1, -0.05) is 18.2 Å². The van der Waals surface area contributed by atoms with Crippen molar-refractivity contribution in [3.05, 3.63) is 72.1 Å². The SMILES string of the molecule is COc1ccccc1NS(=O)(=O)c1cccc(C(=O)NCc2cnn(C)c2)c1. The fraction of sp³-hybridized carbons (Fsp3) is 0.158. The number of aromatic nitrogens is 2. The van der Waals surface area contributed by atoms with E-state index < -0.39 is 10.0 Å². The van der Waals surface area contributed by atoms with Crippen LogP contribution in [0.1, 0.15) is 15.9 Å². The van der Waals surface area contributed by atoms with Gasteiger partial charge in [0.1, 0.15) is 5.75 Å². The van der Waals surface area contributed by atoms with Crippen molar-refractivity contribution in [2.24, 2.45) is 7.05 Å². The van der Waals surface area contributed by atoms with Gasteiger partial charge in [-0.15, -0.1) is 0 Å². The van der Waals surface area contributed by atoms with Crippen LogP contribution in [0.25, 0.3) is 0 Å². The minimum Gasteiger partial charge on any atom is -0.495 e. The molecule has 0 spiro atoms. The van der Waals surface area contributed by atoms with Crippen LogP contribution < -0.4 is 14.8 Å². The largest absolute Gasteiger partial charge is 0.495 e. The predicted octanol–water partition coefficient (Wildman–Crippen LogP) is 2.16. The zero-order valence-electron chi connectivity index (χ0n) is 15.4. The zero-order chi connectivity index (χ0) is 20.1. The molecule has 1 aromatic heterocycles. The van der Waals surface area contributed by atoms with Gasteiger partial charge in [0.05, 0.1) is 23.9 Å². The van der Waals surface area contributed by atoms with Gasteiger partial charge in [0.25, 0.3) is 15.9 Å². The molecule has 28 heavy (non-hydrogen) atoms. The fourth-order valence-corrected chi connectivity index (χ4v) is 3.70.